The fraction of sp³-hybridized carbons (Fsp3) is 0.846. The summed E-state index contributed by atoms with van der Waals surface area (Å²) in [5.41, 5.74) is -0.695. The monoisotopic (exact) mass is 337 g/mol. The van der Waals surface area contributed by atoms with Crippen LogP contribution in [0.25, 0.3) is 0 Å². The summed E-state index contributed by atoms with van der Waals surface area (Å²) in [5.74, 6) is -0.848. The lowest BCUT2D eigenvalue weighted by molar-refractivity contribution is -0.145. The van der Waals surface area contributed by atoms with E-state index in [4.69, 9.17) is 13.7 Å². The predicted molar refractivity (Wildman–Crippen MR) is 77.6 cm³/mol. The van der Waals surface area contributed by atoms with Gasteiger partial charge in [-0.15, -0.1) is 0 Å². The first kappa shape index (κ1) is 18.7. The second kappa shape index (κ2) is 6.82. The van der Waals surface area contributed by atoms with Gasteiger partial charge in [-0.2, -0.15) is 8.42 Å². The van der Waals surface area contributed by atoms with E-state index in [9.17, 15) is 18.0 Å². The third-order valence-corrected chi connectivity index (χ3v) is 3.57. The number of hydrogen-bond acceptors (Lipinski definition) is 7. The van der Waals surface area contributed by atoms with Gasteiger partial charge in [-0.3, -0.25) is 9.08 Å². The molecule has 1 amide bonds. The van der Waals surface area contributed by atoms with Crippen LogP contribution in [-0.4, -0.2) is 63.5 Å². The molecule has 0 N–H and O–H groups in total. The van der Waals surface area contributed by atoms with Gasteiger partial charge in [0.05, 0.1) is 20.0 Å². The molecule has 2 unspecified atom stereocenters. The molecule has 1 aliphatic heterocycles. The van der Waals surface area contributed by atoms with Crippen LogP contribution < -0.4 is 0 Å². The molecule has 0 saturated carbocycles. The van der Waals surface area contributed by atoms with Gasteiger partial charge in [-0.05, 0) is 27.2 Å². The van der Waals surface area contributed by atoms with Crippen LogP contribution in [0.15, 0.2) is 0 Å². The molecule has 0 radical (unpaired) electrons. The highest BCUT2D eigenvalue weighted by molar-refractivity contribution is 7.85. The van der Waals surface area contributed by atoms with E-state index in [0.717, 1.165) is 6.26 Å². The summed E-state index contributed by atoms with van der Waals surface area (Å²) in [5, 5.41) is 0. The van der Waals surface area contributed by atoms with Crippen molar-refractivity contribution in [1.82, 2.24) is 4.90 Å². The summed E-state index contributed by atoms with van der Waals surface area (Å²) < 4.78 is 36.8. The summed E-state index contributed by atoms with van der Waals surface area (Å²) in [6.07, 6.45) is 0.581. The zero-order valence-electron chi connectivity index (χ0n) is 13.5. The van der Waals surface area contributed by atoms with Gasteiger partial charge in [0.2, 0.25) is 0 Å². The molecule has 1 saturated heterocycles. The number of nitrogens with zero attached hydrogens (tertiary/aromatic N) is 1. The zero-order valence-corrected chi connectivity index (χ0v) is 14.3. The highest BCUT2D eigenvalue weighted by Gasteiger charge is 2.42. The van der Waals surface area contributed by atoms with Crippen LogP contribution in [0, 0.1) is 5.92 Å². The van der Waals surface area contributed by atoms with E-state index in [-0.39, 0.29) is 25.5 Å². The Morgan fingerprint density at radius 1 is 1.27 bits per heavy atom. The summed E-state index contributed by atoms with van der Waals surface area (Å²) >= 11 is 0. The number of likely N-dealkylation sites (tertiary alicyclic amines) is 1. The van der Waals surface area contributed by atoms with Gasteiger partial charge in [0.25, 0.3) is 10.1 Å². The lowest BCUT2D eigenvalue weighted by Gasteiger charge is -2.27. The molecular formula is C13H23NO7S. The van der Waals surface area contributed by atoms with Crippen LogP contribution in [0.5, 0.6) is 0 Å². The third kappa shape index (κ3) is 5.80. The van der Waals surface area contributed by atoms with Crippen molar-refractivity contribution in [1.29, 1.82) is 0 Å². The second-order valence-corrected chi connectivity index (χ2v) is 7.91. The van der Waals surface area contributed by atoms with E-state index >= 15 is 0 Å². The lowest BCUT2D eigenvalue weighted by atomic mass is 10.1. The van der Waals surface area contributed by atoms with Crippen molar-refractivity contribution in [2.75, 3.05) is 26.5 Å². The maximum absolute atomic E-state index is 12.2. The number of rotatable bonds is 4. The number of hydrogen-bond donors (Lipinski definition) is 0. The molecule has 2 atom stereocenters. The summed E-state index contributed by atoms with van der Waals surface area (Å²) in [6.45, 7) is 5.24. The number of ether oxygens (including phenoxy) is 2. The number of carbonyl (C=O) groups is 2. The number of methoxy groups -OCH3 is 1. The van der Waals surface area contributed by atoms with E-state index in [1.165, 1.54) is 12.0 Å². The molecule has 0 aliphatic carbocycles. The average molecular weight is 337 g/mol. The van der Waals surface area contributed by atoms with Crippen molar-refractivity contribution in [2.24, 2.45) is 5.92 Å². The normalized spacial score (nSPS) is 22.5. The van der Waals surface area contributed by atoms with E-state index in [2.05, 4.69) is 0 Å². The molecule has 8 nitrogen and oxygen atoms in total. The van der Waals surface area contributed by atoms with Crippen molar-refractivity contribution in [3.05, 3.63) is 0 Å². The van der Waals surface area contributed by atoms with Crippen molar-refractivity contribution >= 4 is 22.2 Å². The maximum atomic E-state index is 12.2. The molecule has 1 rings (SSSR count). The van der Waals surface area contributed by atoms with Crippen LogP contribution in [0.3, 0.4) is 0 Å². The first-order valence-electron chi connectivity index (χ1n) is 6.85. The largest absolute Gasteiger partial charge is 0.467 e. The topological polar surface area (TPSA) is 99.2 Å². The molecule has 0 aromatic carbocycles. The SMILES string of the molecule is COC(=O)C1CC(COS(C)(=O)=O)CN1C(=O)OC(C)(C)C. The van der Waals surface area contributed by atoms with Gasteiger partial charge in [-0.25, -0.2) is 9.59 Å². The Balaban J connectivity index is 2.79. The van der Waals surface area contributed by atoms with Crippen LogP contribution in [0.1, 0.15) is 27.2 Å². The van der Waals surface area contributed by atoms with Crippen LogP contribution in [-0.2, 0) is 28.6 Å². The van der Waals surface area contributed by atoms with Crippen LogP contribution in [0.4, 0.5) is 4.79 Å². The second-order valence-electron chi connectivity index (χ2n) is 6.26. The van der Waals surface area contributed by atoms with Gasteiger partial charge in [0.15, 0.2) is 0 Å². The molecule has 0 aromatic rings. The minimum Gasteiger partial charge on any atom is -0.467 e. The summed E-state index contributed by atoms with van der Waals surface area (Å²) in [6, 6.07) is -0.798. The number of esters is 1. The van der Waals surface area contributed by atoms with Crippen molar-refractivity contribution < 1.29 is 31.7 Å². The molecule has 9 heteroatoms. The number of amides is 1. The Morgan fingerprint density at radius 2 is 1.86 bits per heavy atom. The van der Waals surface area contributed by atoms with Gasteiger partial charge in [0, 0.05) is 12.5 Å². The fourth-order valence-electron chi connectivity index (χ4n) is 2.15. The highest BCUT2D eigenvalue weighted by atomic mass is 32.2. The van der Waals surface area contributed by atoms with Crippen molar-refractivity contribution in [3.8, 4) is 0 Å². The molecule has 1 fully saturated rings. The Hall–Kier alpha value is -1.35. The molecule has 1 aliphatic rings. The summed E-state index contributed by atoms with van der Waals surface area (Å²) in [7, 11) is -2.34. The Bertz CT molecular complexity index is 523. The van der Waals surface area contributed by atoms with Gasteiger partial charge < -0.3 is 9.47 Å². The molecule has 22 heavy (non-hydrogen) atoms. The molecule has 128 valence electrons. The third-order valence-electron chi connectivity index (χ3n) is 3.01. The fourth-order valence-corrected chi connectivity index (χ4v) is 2.58. The molecule has 0 aromatic heterocycles. The minimum absolute atomic E-state index is 0.0916. The smallest absolute Gasteiger partial charge is 0.411 e. The van der Waals surface area contributed by atoms with E-state index < -0.39 is 33.8 Å². The maximum Gasteiger partial charge on any atom is 0.411 e. The van der Waals surface area contributed by atoms with Crippen LogP contribution >= 0.6 is 0 Å². The summed E-state index contributed by atoms with van der Waals surface area (Å²) in [4.78, 5) is 25.2. The number of carbonyl (C=O) groups excluding carboxylic acids is 2. The Morgan fingerprint density at radius 3 is 2.32 bits per heavy atom. The highest BCUT2D eigenvalue weighted by Crippen LogP contribution is 2.27. The lowest BCUT2D eigenvalue weighted by Crippen LogP contribution is -2.43. The van der Waals surface area contributed by atoms with E-state index in [1.807, 2.05) is 0 Å². The first-order valence-corrected chi connectivity index (χ1v) is 8.66. The average Bonchev–Trinajstić information content (AvgIpc) is 2.77. The first-order chi connectivity index (χ1) is 9.93. The molecular weight excluding hydrogens is 314 g/mol. The Kier molecular flexibility index (Phi) is 5.80. The quantitative estimate of drug-likeness (QED) is 0.551. The standard InChI is InChI=1S/C13H23NO7S/c1-13(2,3)21-12(16)14-7-9(8-20-22(5,17)18)6-10(14)11(15)19-4/h9-10H,6-8H2,1-5H3. The molecule has 0 bridgehead atoms. The zero-order chi connectivity index (χ0) is 17.1. The van der Waals surface area contributed by atoms with Crippen molar-refractivity contribution in [3.63, 3.8) is 0 Å². The van der Waals surface area contributed by atoms with Crippen LogP contribution in [0.2, 0.25) is 0 Å². The Labute approximate surface area is 130 Å². The predicted octanol–water partition coefficient (Wildman–Crippen LogP) is 0.761. The molecule has 1 heterocycles. The van der Waals surface area contributed by atoms with E-state index in [1.54, 1.807) is 20.8 Å². The van der Waals surface area contributed by atoms with E-state index in [0.29, 0.717) is 0 Å². The van der Waals surface area contributed by atoms with Gasteiger partial charge in [-0.1, -0.05) is 0 Å². The van der Waals surface area contributed by atoms with Crippen molar-refractivity contribution in [2.45, 2.75) is 38.8 Å². The van der Waals surface area contributed by atoms with Gasteiger partial charge in [0.1, 0.15) is 11.6 Å². The molecule has 0 spiro atoms. The van der Waals surface area contributed by atoms with Gasteiger partial charge >= 0.3 is 12.1 Å². The minimum atomic E-state index is -3.57.